The molecule has 0 aliphatic heterocycles. The van der Waals surface area contributed by atoms with E-state index in [9.17, 15) is 9.18 Å². The van der Waals surface area contributed by atoms with Crippen molar-refractivity contribution in [2.24, 2.45) is 0 Å². The first-order valence-electron chi connectivity index (χ1n) is 8.78. The van der Waals surface area contributed by atoms with E-state index in [0.29, 0.717) is 51.2 Å². The first-order chi connectivity index (χ1) is 13.6. The van der Waals surface area contributed by atoms with Crippen molar-refractivity contribution in [2.75, 3.05) is 0 Å². The number of halogens is 1. The highest BCUT2D eigenvalue weighted by molar-refractivity contribution is 7.98. The summed E-state index contributed by atoms with van der Waals surface area (Å²) in [5.41, 5.74) is 1.69. The Morgan fingerprint density at radius 3 is 2.79 bits per heavy atom. The second kappa shape index (κ2) is 7.55. The highest BCUT2D eigenvalue weighted by Crippen LogP contribution is 2.24. The van der Waals surface area contributed by atoms with Crippen molar-refractivity contribution < 1.29 is 8.91 Å². The number of aromatic nitrogens is 4. The molecule has 0 N–H and O–H groups in total. The molecule has 6 nitrogen and oxygen atoms in total. The normalized spacial score (nSPS) is 11.2. The van der Waals surface area contributed by atoms with E-state index >= 15 is 0 Å². The molecule has 0 saturated carbocycles. The molecular formula is C20H17FN4O2S. The van der Waals surface area contributed by atoms with E-state index in [-0.39, 0.29) is 11.4 Å². The third-order valence-electron chi connectivity index (χ3n) is 4.37. The number of benzene rings is 2. The van der Waals surface area contributed by atoms with Gasteiger partial charge in [0.1, 0.15) is 5.82 Å². The Morgan fingerprint density at radius 2 is 2.00 bits per heavy atom. The summed E-state index contributed by atoms with van der Waals surface area (Å²) in [7, 11) is 0. The van der Waals surface area contributed by atoms with Crippen LogP contribution in [0.2, 0.25) is 0 Å². The van der Waals surface area contributed by atoms with Gasteiger partial charge in [-0.15, -0.1) is 0 Å². The van der Waals surface area contributed by atoms with Crippen LogP contribution < -0.4 is 5.56 Å². The third-order valence-corrected chi connectivity index (χ3v) is 5.33. The molecule has 0 bridgehead atoms. The van der Waals surface area contributed by atoms with E-state index in [1.165, 1.54) is 17.8 Å². The molecule has 2 heterocycles. The van der Waals surface area contributed by atoms with Crippen LogP contribution in [0.25, 0.3) is 22.3 Å². The fourth-order valence-electron chi connectivity index (χ4n) is 2.83. The van der Waals surface area contributed by atoms with Gasteiger partial charge in [0.05, 0.1) is 16.7 Å². The summed E-state index contributed by atoms with van der Waals surface area (Å²) < 4.78 is 20.7. The van der Waals surface area contributed by atoms with Gasteiger partial charge >= 0.3 is 0 Å². The standard InChI is InChI=1S/C20H17FN4O2S/c1-3-25-19(26)14-6-4-5-7-16(14)22-20(25)28-11-17-23-18(24-27-17)13-9-8-12(2)15(21)10-13/h4-10H,3,11H2,1-2H3. The molecule has 0 radical (unpaired) electrons. The van der Waals surface area contributed by atoms with Crippen LogP contribution in [0, 0.1) is 12.7 Å². The average Bonchev–Trinajstić information content (AvgIpc) is 3.18. The molecule has 28 heavy (non-hydrogen) atoms. The van der Waals surface area contributed by atoms with E-state index in [0.717, 1.165) is 0 Å². The third kappa shape index (κ3) is 3.43. The SMILES string of the molecule is CCn1c(SCc2nc(-c3ccc(C)c(F)c3)no2)nc2ccccc2c1=O. The minimum absolute atomic E-state index is 0.0723. The molecule has 4 rings (SSSR count). The number of hydrogen-bond acceptors (Lipinski definition) is 6. The van der Waals surface area contributed by atoms with Gasteiger partial charge in [-0.25, -0.2) is 9.37 Å². The largest absolute Gasteiger partial charge is 0.338 e. The number of para-hydroxylation sites is 1. The molecule has 2 aromatic carbocycles. The molecule has 0 fully saturated rings. The lowest BCUT2D eigenvalue weighted by Crippen LogP contribution is -2.22. The van der Waals surface area contributed by atoms with E-state index in [1.807, 2.05) is 25.1 Å². The zero-order chi connectivity index (χ0) is 19.7. The second-order valence-corrected chi connectivity index (χ2v) is 7.17. The van der Waals surface area contributed by atoms with Gasteiger partial charge in [-0.3, -0.25) is 9.36 Å². The predicted octanol–water partition coefficient (Wildman–Crippen LogP) is 4.21. The van der Waals surface area contributed by atoms with Gasteiger partial charge in [0, 0.05) is 12.1 Å². The van der Waals surface area contributed by atoms with Gasteiger partial charge in [0.2, 0.25) is 11.7 Å². The molecular weight excluding hydrogens is 379 g/mol. The summed E-state index contributed by atoms with van der Waals surface area (Å²) in [5.74, 6) is 0.747. The van der Waals surface area contributed by atoms with Crippen LogP contribution in [-0.2, 0) is 12.3 Å². The van der Waals surface area contributed by atoms with E-state index in [2.05, 4.69) is 15.1 Å². The molecule has 0 amide bonds. The number of thioether (sulfide) groups is 1. The number of rotatable bonds is 5. The molecule has 0 saturated heterocycles. The van der Waals surface area contributed by atoms with Gasteiger partial charge in [0.25, 0.3) is 5.56 Å². The second-order valence-electron chi connectivity index (χ2n) is 6.23. The summed E-state index contributed by atoms with van der Waals surface area (Å²) in [6, 6.07) is 12.1. The van der Waals surface area contributed by atoms with Crippen LogP contribution in [-0.4, -0.2) is 19.7 Å². The Morgan fingerprint density at radius 1 is 1.18 bits per heavy atom. The van der Waals surface area contributed by atoms with Crippen molar-refractivity contribution in [3.8, 4) is 11.4 Å². The summed E-state index contributed by atoms with van der Waals surface area (Å²) in [6.07, 6.45) is 0. The molecule has 142 valence electrons. The van der Waals surface area contributed by atoms with Gasteiger partial charge < -0.3 is 4.52 Å². The zero-order valence-electron chi connectivity index (χ0n) is 15.3. The molecule has 0 aliphatic carbocycles. The van der Waals surface area contributed by atoms with E-state index < -0.39 is 0 Å². The Hall–Kier alpha value is -3.00. The van der Waals surface area contributed by atoms with Crippen molar-refractivity contribution in [3.05, 3.63) is 70.1 Å². The van der Waals surface area contributed by atoms with Crippen LogP contribution in [0.15, 0.2) is 56.9 Å². The van der Waals surface area contributed by atoms with Crippen molar-refractivity contribution in [3.63, 3.8) is 0 Å². The minimum Gasteiger partial charge on any atom is -0.338 e. The number of fused-ring (bicyclic) bond motifs is 1. The molecule has 0 atom stereocenters. The Kier molecular flexibility index (Phi) is 4.95. The van der Waals surface area contributed by atoms with Crippen LogP contribution in [0.4, 0.5) is 4.39 Å². The average molecular weight is 396 g/mol. The molecule has 0 aliphatic rings. The highest BCUT2D eigenvalue weighted by Gasteiger charge is 2.14. The highest BCUT2D eigenvalue weighted by atomic mass is 32.2. The van der Waals surface area contributed by atoms with Crippen LogP contribution in [0.5, 0.6) is 0 Å². The van der Waals surface area contributed by atoms with Crippen LogP contribution >= 0.6 is 11.8 Å². The van der Waals surface area contributed by atoms with Gasteiger partial charge in [0.15, 0.2) is 5.16 Å². The summed E-state index contributed by atoms with van der Waals surface area (Å²) in [4.78, 5) is 21.6. The monoisotopic (exact) mass is 396 g/mol. The summed E-state index contributed by atoms with van der Waals surface area (Å²) in [6.45, 7) is 4.11. The number of hydrogen-bond donors (Lipinski definition) is 0. The maximum atomic E-state index is 13.8. The van der Waals surface area contributed by atoms with Crippen LogP contribution in [0.1, 0.15) is 18.4 Å². The summed E-state index contributed by atoms with van der Waals surface area (Å²) in [5, 5.41) is 5.11. The van der Waals surface area contributed by atoms with Gasteiger partial charge in [-0.2, -0.15) is 4.98 Å². The fraction of sp³-hybridized carbons (Fsp3) is 0.200. The van der Waals surface area contributed by atoms with Gasteiger partial charge in [-0.1, -0.05) is 41.2 Å². The Labute approximate surface area is 164 Å². The zero-order valence-corrected chi connectivity index (χ0v) is 16.2. The molecule has 2 aromatic heterocycles. The van der Waals surface area contributed by atoms with Crippen molar-refractivity contribution in [2.45, 2.75) is 31.3 Å². The first-order valence-corrected chi connectivity index (χ1v) is 9.77. The maximum absolute atomic E-state index is 13.8. The lowest BCUT2D eigenvalue weighted by atomic mass is 10.1. The molecule has 4 aromatic rings. The predicted molar refractivity (Wildman–Crippen MR) is 106 cm³/mol. The number of nitrogens with zero attached hydrogens (tertiary/aromatic N) is 4. The fourth-order valence-corrected chi connectivity index (χ4v) is 3.73. The minimum atomic E-state index is -0.314. The maximum Gasteiger partial charge on any atom is 0.262 e. The van der Waals surface area contributed by atoms with Gasteiger partial charge in [-0.05, 0) is 37.6 Å². The van der Waals surface area contributed by atoms with E-state index in [1.54, 1.807) is 29.7 Å². The lowest BCUT2D eigenvalue weighted by molar-refractivity contribution is 0.391. The molecule has 0 spiro atoms. The molecule has 8 heteroatoms. The summed E-state index contributed by atoms with van der Waals surface area (Å²) >= 11 is 1.35. The smallest absolute Gasteiger partial charge is 0.262 e. The Bertz CT molecular complexity index is 1220. The van der Waals surface area contributed by atoms with Crippen molar-refractivity contribution in [1.82, 2.24) is 19.7 Å². The first kappa shape index (κ1) is 18.4. The topological polar surface area (TPSA) is 73.8 Å². The van der Waals surface area contributed by atoms with E-state index in [4.69, 9.17) is 4.52 Å². The Balaban J connectivity index is 1.59. The molecule has 0 unspecified atom stereocenters. The van der Waals surface area contributed by atoms with Crippen LogP contribution in [0.3, 0.4) is 0 Å². The van der Waals surface area contributed by atoms with Crippen molar-refractivity contribution >= 4 is 22.7 Å². The lowest BCUT2D eigenvalue weighted by Gasteiger charge is -2.10. The van der Waals surface area contributed by atoms with Crippen molar-refractivity contribution in [1.29, 1.82) is 0 Å². The number of aryl methyl sites for hydroxylation is 1. The quantitative estimate of drug-likeness (QED) is 0.372.